The van der Waals surface area contributed by atoms with Crippen LogP contribution >= 0.6 is 0 Å². The zero-order valence-electron chi connectivity index (χ0n) is 31.0. The summed E-state index contributed by atoms with van der Waals surface area (Å²) in [6.07, 6.45) is 3.97. The minimum atomic E-state index is -0.617. The molecule has 8 rings (SSSR count). The summed E-state index contributed by atoms with van der Waals surface area (Å²) in [7, 11) is 0. The molecule has 0 radical (unpaired) electrons. The van der Waals surface area contributed by atoms with E-state index in [-0.39, 0.29) is 24.0 Å². The quantitative estimate of drug-likeness (QED) is 0.146. The number of ketones is 1. The molecule has 3 heterocycles. The third-order valence-corrected chi connectivity index (χ3v) is 11.7. The number of nitrogens with one attached hydrogen (secondary N) is 1. The van der Waals surface area contributed by atoms with Crippen LogP contribution in [0.5, 0.6) is 5.75 Å². The number of ether oxygens (including phenoxy) is 1. The van der Waals surface area contributed by atoms with E-state index in [0.717, 1.165) is 56.0 Å². The van der Waals surface area contributed by atoms with E-state index in [2.05, 4.69) is 94.8 Å². The van der Waals surface area contributed by atoms with Crippen molar-refractivity contribution in [3.8, 4) is 5.75 Å². The third kappa shape index (κ3) is 7.55. The van der Waals surface area contributed by atoms with Gasteiger partial charge in [-0.05, 0) is 96.7 Å². The molecule has 0 bridgehead atoms. The van der Waals surface area contributed by atoms with Crippen molar-refractivity contribution < 1.29 is 23.9 Å². The Kier molecular flexibility index (Phi) is 10.3. The number of carbonyl (C=O) groups is 4. The Morgan fingerprint density at radius 3 is 2.39 bits per heavy atom. The van der Waals surface area contributed by atoms with E-state index in [4.69, 9.17) is 4.74 Å². The standard InChI is InChI=1S/C45H48N4O5/c1-30-9-16-39-33(26-30)12-17-38(31-6-3-2-4-7-31)43(39)32-10-14-37(15-11-32)54-25-5-8-36(50)29-47-21-23-48(24-22-47)35-13-18-40-34(27-35)28-49(45(40)53)41-19-20-42(51)46-44(41)52/h2-4,6-7,9-11,13-16,18,26-27,38,41,43H,5,8,12,17,19-25,28-29H2,1H3,(H,46,51,52)/t38-,41?,43+/m1/s1. The highest BCUT2D eigenvalue weighted by atomic mass is 16.5. The average molecular weight is 725 g/mol. The first-order valence-corrected chi connectivity index (χ1v) is 19.4. The topological polar surface area (TPSA) is 99.3 Å². The van der Waals surface area contributed by atoms with Crippen LogP contribution < -0.4 is 15.0 Å². The minimum absolute atomic E-state index is 0.161. The van der Waals surface area contributed by atoms with Gasteiger partial charge in [0, 0.05) is 62.7 Å². The lowest BCUT2D eigenvalue weighted by molar-refractivity contribution is -0.137. The molecule has 2 fully saturated rings. The van der Waals surface area contributed by atoms with Crippen molar-refractivity contribution in [2.45, 2.75) is 69.9 Å². The maximum absolute atomic E-state index is 13.1. The summed E-state index contributed by atoms with van der Waals surface area (Å²) in [5, 5.41) is 2.36. The maximum atomic E-state index is 13.1. The van der Waals surface area contributed by atoms with E-state index in [0.29, 0.717) is 56.4 Å². The Labute approximate surface area is 317 Å². The van der Waals surface area contributed by atoms with Gasteiger partial charge in [-0.2, -0.15) is 0 Å². The molecule has 54 heavy (non-hydrogen) atoms. The molecule has 1 N–H and O–H groups in total. The Balaban J connectivity index is 0.791. The molecule has 0 saturated carbocycles. The summed E-state index contributed by atoms with van der Waals surface area (Å²) < 4.78 is 6.11. The summed E-state index contributed by atoms with van der Waals surface area (Å²) in [6.45, 7) is 6.61. The van der Waals surface area contributed by atoms with Gasteiger partial charge in [0.1, 0.15) is 17.6 Å². The Morgan fingerprint density at radius 2 is 1.61 bits per heavy atom. The molecule has 9 heteroatoms. The molecule has 0 aromatic heterocycles. The number of piperazine rings is 1. The van der Waals surface area contributed by atoms with Crippen molar-refractivity contribution in [3.05, 3.63) is 130 Å². The predicted octanol–water partition coefficient (Wildman–Crippen LogP) is 6.17. The van der Waals surface area contributed by atoms with Gasteiger partial charge in [0.25, 0.3) is 5.91 Å². The summed E-state index contributed by atoms with van der Waals surface area (Å²) in [5.74, 6) is 0.929. The fraction of sp³-hybridized carbons (Fsp3) is 0.378. The molecule has 3 aliphatic heterocycles. The molecule has 3 atom stereocenters. The second kappa shape index (κ2) is 15.6. The molecular formula is C45H48N4O5. The molecule has 278 valence electrons. The number of hydrogen-bond acceptors (Lipinski definition) is 7. The van der Waals surface area contributed by atoms with E-state index >= 15 is 0 Å². The molecule has 4 aromatic rings. The lowest BCUT2D eigenvalue weighted by Crippen LogP contribution is -2.52. The van der Waals surface area contributed by atoms with Crippen LogP contribution in [0.2, 0.25) is 0 Å². The number of rotatable bonds is 11. The smallest absolute Gasteiger partial charge is 0.255 e. The summed E-state index contributed by atoms with van der Waals surface area (Å²) in [5.41, 5.74) is 9.45. The number of carbonyl (C=O) groups excluding carboxylic acids is 4. The molecule has 3 amide bonds. The van der Waals surface area contributed by atoms with Crippen molar-refractivity contribution in [1.82, 2.24) is 15.1 Å². The van der Waals surface area contributed by atoms with Crippen LogP contribution in [0.15, 0.2) is 91.0 Å². The molecule has 1 aliphatic carbocycles. The van der Waals surface area contributed by atoms with Crippen molar-refractivity contribution in [3.63, 3.8) is 0 Å². The third-order valence-electron chi connectivity index (χ3n) is 11.7. The highest BCUT2D eigenvalue weighted by Crippen LogP contribution is 2.46. The number of Topliss-reactive ketones (excluding diaryl/α,β-unsaturated/α-hetero) is 1. The summed E-state index contributed by atoms with van der Waals surface area (Å²) >= 11 is 0. The highest BCUT2D eigenvalue weighted by Gasteiger charge is 2.39. The fourth-order valence-electron chi connectivity index (χ4n) is 8.90. The van der Waals surface area contributed by atoms with E-state index in [1.54, 1.807) is 4.90 Å². The first-order chi connectivity index (χ1) is 26.3. The first-order valence-electron chi connectivity index (χ1n) is 19.4. The van der Waals surface area contributed by atoms with E-state index in [9.17, 15) is 19.2 Å². The number of nitrogens with zero attached hydrogens (tertiary/aromatic N) is 3. The van der Waals surface area contributed by atoms with Gasteiger partial charge >= 0.3 is 0 Å². The molecule has 9 nitrogen and oxygen atoms in total. The minimum Gasteiger partial charge on any atom is -0.494 e. The van der Waals surface area contributed by atoms with E-state index < -0.39 is 11.9 Å². The maximum Gasteiger partial charge on any atom is 0.255 e. The monoisotopic (exact) mass is 724 g/mol. The van der Waals surface area contributed by atoms with Gasteiger partial charge in [-0.1, -0.05) is 66.2 Å². The highest BCUT2D eigenvalue weighted by molar-refractivity contribution is 6.05. The SMILES string of the molecule is Cc1ccc2c(c1)CC[C@H](c1ccccc1)[C@@H]2c1ccc(OCCCC(=O)CN2CCN(c3ccc4c(c3)CN(C3CCC(=O)NC3=O)C4=O)CC2)cc1. The van der Waals surface area contributed by atoms with Crippen LogP contribution in [0.4, 0.5) is 5.69 Å². The average Bonchev–Trinajstić information content (AvgIpc) is 3.51. The first kappa shape index (κ1) is 35.7. The number of hydrogen-bond donors (Lipinski definition) is 1. The largest absolute Gasteiger partial charge is 0.494 e. The lowest BCUT2D eigenvalue weighted by atomic mass is 9.69. The predicted molar refractivity (Wildman–Crippen MR) is 208 cm³/mol. The van der Waals surface area contributed by atoms with Gasteiger partial charge in [0.05, 0.1) is 13.2 Å². The Morgan fingerprint density at radius 1 is 0.815 bits per heavy atom. The summed E-state index contributed by atoms with van der Waals surface area (Å²) in [4.78, 5) is 56.1. The van der Waals surface area contributed by atoms with Crippen LogP contribution in [0.1, 0.15) is 87.7 Å². The second-order valence-corrected chi connectivity index (χ2v) is 15.3. The van der Waals surface area contributed by atoms with Crippen molar-refractivity contribution >= 4 is 29.2 Å². The van der Waals surface area contributed by atoms with Crippen LogP contribution in [0.3, 0.4) is 0 Å². The number of fused-ring (bicyclic) bond motifs is 2. The Bertz CT molecular complexity index is 2040. The van der Waals surface area contributed by atoms with Gasteiger partial charge < -0.3 is 14.5 Å². The number of aryl methyl sites for hydroxylation is 2. The van der Waals surface area contributed by atoms with E-state index in [1.165, 1.54) is 27.8 Å². The number of amides is 3. The molecule has 2 saturated heterocycles. The van der Waals surface area contributed by atoms with Crippen LogP contribution in [-0.4, -0.2) is 78.7 Å². The number of imide groups is 1. The van der Waals surface area contributed by atoms with E-state index in [1.807, 2.05) is 18.2 Å². The van der Waals surface area contributed by atoms with Gasteiger partial charge in [-0.3, -0.25) is 29.4 Å². The number of piperidine rings is 1. The van der Waals surface area contributed by atoms with Gasteiger partial charge in [0.15, 0.2) is 0 Å². The second-order valence-electron chi connectivity index (χ2n) is 15.3. The normalized spacial score (nSPS) is 21.4. The fourth-order valence-corrected chi connectivity index (χ4v) is 8.90. The van der Waals surface area contributed by atoms with Gasteiger partial charge in [-0.15, -0.1) is 0 Å². The molecular weight excluding hydrogens is 677 g/mol. The molecule has 4 aromatic carbocycles. The van der Waals surface area contributed by atoms with Gasteiger partial charge in [0.2, 0.25) is 11.8 Å². The summed E-state index contributed by atoms with van der Waals surface area (Å²) in [6, 6.07) is 31.6. The Hall–Kier alpha value is -5.28. The van der Waals surface area contributed by atoms with Crippen molar-refractivity contribution in [2.75, 3.05) is 44.2 Å². The number of benzene rings is 4. The van der Waals surface area contributed by atoms with Crippen LogP contribution in [-0.2, 0) is 27.3 Å². The zero-order chi connectivity index (χ0) is 37.2. The van der Waals surface area contributed by atoms with Crippen molar-refractivity contribution in [2.24, 2.45) is 0 Å². The lowest BCUT2D eigenvalue weighted by Gasteiger charge is -2.36. The zero-order valence-corrected chi connectivity index (χ0v) is 31.0. The molecule has 0 spiro atoms. The van der Waals surface area contributed by atoms with Crippen LogP contribution in [0.25, 0.3) is 0 Å². The molecule has 4 aliphatic rings. The van der Waals surface area contributed by atoms with Crippen LogP contribution in [0, 0.1) is 6.92 Å². The van der Waals surface area contributed by atoms with Gasteiger partial charge in [-0.25, -0.2) is 0 Å². The molecule has 1 unspecified atom stereocenters. The number of anilines is 1. The van der Waals surface area contributed by atoms with Crippen molar-refractivity contribution in [1.29, 1.82) is 0 Å².